The second-order valence-corrected chi connectivity index (χ2v) is 10.3. The van der Waals surface area contributed by atoms with E-state index in [4.69, 9.17) is 5.11 Å². The van der Waals surface area contributed by atoms with Crippen molar-refractivity contribution in [2.45, 2.75) is 64.5 Å². The molecule has 0 atom stereocenters. The largest absolute Gasteiger partial charge is 0.481 e. The molecule has 1 aromatic rings. The summed E-state index contributed by atoms with van der Waals surface area (Å²) < 4.78 is 1.93. The number of piperidine rings is 1. The highest BCUT2D eigenvalue weighted by Gasteiger charge is 2.48. The van der Waals surface area contributed by atoms with Crippen molar-refractivity contribution in [3.63, 3.8) is 0 Å². The summed E-state index contributed by atoms with van der Waals surface area (Å²) in [7, 11) is 0. The van der Waals surface area contributed by atoms with Crippen LogP contribution in [0.5, 0.6) is 0 Å². The van der Waals surface area contributed by atoms with Gasteiger partial charge in [-0.15, -0.1) is 0 Å². The number of amides is 1. The van der Waals surface area contributed by atoms with Gasteiger partial charge in [-0.3, -0.25) is 14.3 Å². The zero-order valence-corrected chi connectivity index (χ0v) is 17.9. The zero-order chi connectivity index (χ0) is 20.8. The lowest BCUT2D eigenvalue weighted by molar-refractivity contribution is -0.143. The van der Waals surface area contributed by atoms with E-state index in [1.165, 1.54) is 32.1 Å². The van der Waals surface area contributed by atoms with Gasteiger partial charge in [0.15, 0.2) is 0 Å². The van der Waals surface area contributed by atoms with Crippen LogP contribution >= 0.6 is 0 Å². The number of likely N-dealkylation sites (tertiary alicyclic amines) is 1. The molecular formula is C23H34N4O3. The van der Waals surface area contributed by atoms with Crippen molar-refractivity contribution < 1.29 is 14.7 Å². The van der Waals surface area contributed by atoms with Crippen molar-refractivity contribution in [2.75, 3.05) is 19.6 Å². The van der Waals surface area contributed by atoms with Crippen LogP contribution in [0.1, 0.15) is 61.0 Å². The lowest BCUT2D eigenvalue weighted by atomic mass is 9.54. The summed E-state index contributed by atoms with van der Waals surface area (Å²) in [6, 6.07) is 0.351. The maximum atomic E-state index is 13.0. The first kappa shape index (κ1) is 20.0. The number of rotatable bonds is 6. The molecule has 4 saturated carbocycles. The second-order valence-electron chi connectivity index (χ2n) is 10.3. The lowest BCUT2D eigenvalue weighted by Gasteiger charge is -2.54. The average molecular weight is 415 g/mol. The summed E-state index contributed by atoms with van der Waals surface area (Å²) in [5, 5.41) is 17.0. The Kier molecular flexibility index (Phi) is 5.33. The predicted octanol–water partition coefficient (Wildman–Crippen LogP) is 2.54. The van der Waals surface area contributed by atoms with Crippen LogP contribution in [0.15, 0.2) is 6.20 Å². The van der Waals surface area contributed by atoms with Crippen molar-refractivity contribution in [1.29, 1.82) is 0 Å². The fourth-order valence-corrected chi connectivity index (χ4v) is 6.92. The van der Waals surface area contributed by atoms with Gasteiger partial charge in [-0.1, -0.05) is 0 Å². The van der Waals surface area contributed by atoms with Crippen LogP contribution in [0.25, 0.3) is 0 Å². The maximum absolute atomic E-state index is 13.0. The van der Waals surface area contributed by atoms with E-state index in [2.05, 4.69) is 15.3 Å². The minimum Gasteiger partial charge on any atom is -0.481 e. The minimum atomic E-state index is -0.674. The van der Waals surface area contributed by atoms with Gasteiger partial charge in [0.25, 0.3) is 5.91 Å². The Morgan fingerprint density at radius 3 is 2.30 bits per heavy atom. The molecule has 0 aromatic carbocycles. The van der Waals surface area contributed by atoms with Gasteiger partial charge in [0.05, 0.1) is 24.2 Å². The molecule has 7 heteroatoms. The van der Waals surface area contributed by atoms with Crippen LogP contribution in [0.3, 0.4) is 0 Å². The molecule has 0 spiro atoms. The third kappa shape index (κ3) is 3.77. The standard InChI is InChI=1S/C23H34N4O3/c1-14-20(13-24-27(14)7-6-26-4-2-17(3-5-26)23(29)30)22(28)25-21-18-9-15-8-16(11-18)12-19(21)10-15/h13,15-19,21H,2-12H2,1H3,(H,25,28)(H,29,30). The molecule has 164 valence electrons. The number of nitrogens with one attached hydrogen (secondary N) is 1. The van der Waals surface area contributed by atoms with Gasteiger partial charge in [-0.05, 0) is 88.6 Å². The number of carboxylic acid groups (broad SMARTS) is 1. The Balaban J connectivity index is 1.16. The van der Waals surface area contributed by atoms with E-state index < -0.39 is 5.97 Å². The number of carbonyl (C=O) groups excluding carboxylic acids is 1. The Labute approximate surface area is 178 Å². The topological polar surface area (TPSA) is 87.5 Å². The molecule has 2 N–H and O–H groups in total. The molecule has 1 aliphatic heterocycles. The van der Waals surface area contributed by atoms with E-state index in [-0.39, 0.29) is 11.8 Å². The molecule has 2 heterocycles. The van der Waals surface area contributed by atoms with Crippen LogP contribution < -0.4 is 5.32 Å². The Hall–Kier alpha value is -1.89. The quantitative estimate of drug-likeness (QED) is 0.747. The molecule has 1 amide bonds. The van der Waals surface area contributed by atoms with Crippen LogP contribution in [0.4, 0.5) is 0 Å². The fourth-order valence-electron chi connectivity index (χ4n) is 6.92. The van der Waals surface area contributed by atoms with Crippen molar-refractivity contribution in [3.05, 3.63) is 17.5 Å². The van der Waals surface area contributed by atoms with Gasteiger partial charge in [-0.2, -0.15) is 5.10 Å². The molecule has 0 unspecified atom stereocenters. The van der Waals surface area contributed by atoms with E-state index in [9.17, 15) is 9.59 Å². The zero-order valence-electron chi connectivity index (χ0n) is 17.9. The number of hydrogen-bond acceptors (Lipinski definition) is 4. The average Bonchev–Trinajstić information content (AvgIpc) is 3.09. The van der Waals surface area contributed by atoms with E-state index in [0.717, 1.165) is 43.7 Å². The highest BCUT2D eigenvalue weighted by atomic mass is 16.4. The number of aliphatic carboxylic acids is 1. The highest BCUT2D eigenvalue weighted by Crippen LogP contribution is 2.53. The van der Waals surface area contributed by atoms with Crippen molar-refractivity contribution in [3.8, 4) is 0 Å². The lowest BCUT2D eigenvalue weighted by Crippen LogP contribution is -2.55. The van der Waals surface area contributed by atoms with Gasteiger partial charge in [0.1, 0.15) is 0 Å². The van der Waals surface area contributed by atoms with Crippen LogP contribution in [0.2, 0.25) is 0 Å². The smallest absolute Gasteiger partial charge is 0.306 e. The minimum absolute atomic E-state index is 0.0403. The molecular weight excluding hydrogens is 380 g/mol. The molecule has 5 aliphatic rings. The molecule has 7 nitrogen and oxygen atoms in total. The maximum Gasteiger partial charge on any atom is 0.306 e. The SMILES string of the molecule is Cc1c(C(=O)NC2C3CC4CC(C3)CC2C4)cnn1CCN1CCC(C(=O)O)CC1. The van der Waals surface area contributed by atoms with Crippen LogP contribution in [-0.2, 0) is 11.3 Å². The third-order valence-corrected chi connectivity index (χ3v) is 8.44. The van der Waals surface area contributed by atoms with Gasteiger partial charge < -0.3 is 15.3 Å². The van der Waals surface area contributed by atoms with Gasteiger partial charge in [0.2, 0.25) is 0 Å². The number of carbonyl (C=O) groups is 2. The highest BCUT2D eigenvalue weighted by molar-refractivity contribution is 5.95. The van der Waals surface area contributed by atoms with E-state index >= 15 is 0 Å². The Morgan fingerprint density at radius 1 is 1.07 bits per heavy atom. The third-order valence-electron chi connectivity index (χ3n) is 8.44. The van der Waals surface area contributed by atoms with Crippen molar-refractivity contribution in [1.82, 2.24) is 20.0 Å². The molecule has 30 heavy (non-hydrogen) atoms. The number of carboxylic acids is 1. The van der Waals surface area contributed by atoms with E-state index in [1.807, 2.05) is 11.6 Å². The fraction of sp³-hybridized carbons (Fsp3) is 0.783. The van der Waals surface area contributed by atoms with E-state index in [1.54, 1.807) is 6.20 Å². The Morgan fingerprint density at radius 2 is 1.70 bits per heavy atom. The predicted molar refractivity (Wildman–Crippen MR) is 112 cm³/mol. The van der Waals surface area contributed by atoms with Crippen LogP contribution in [0, 0.1) is 36.5 Å². The molecule has 4 bridgehead atoms. The van der Waals surface area contributed by atoms with E-state index in [0.29, 0.717) is 36.3 Å². The summed E-state index contributed by atoms with van der Waals surface area (Å²) in [5.74, 6) is 2.33. The van der Waals surface area contributed by atoms with Gasteiger partial charge >= 0.3 is 5.97 Å². The molecule has 1 saturated heterocycles. The summed E-state index contributed by atoms with van der Waals surface area (Å²) in [5.41, 5.74) is 1.63. The summed E-state index contributed by atoms with van der Waals surface area (Å²) >= 11 is 0. The van der Waals surface area contributed by atoms with Gasteiger partial charge in [0, 0.05) is 18.3 Å². The molecule has 5 fully saturated rings. The molecule has 0 radical (unpaired) electrons. The monoisotopic (exact) mass is 414 g/mol. The second kappa shape index (κ2) is 7.98. The van der Waals surface area contributed by atoms with Crippen molar-refractivity contribution >= 4 is 11.9 Å². The van der Waals surface area contributed by atoms with Crippen molar-refractivity contribution in [2.24, 2.45) is 29.6 Å². The first-order valence-corrected chi connectivity index (χ1v) is 11.8. The van der Waals surface area contributed by atoms with Crippen LogP contribution in [-0.4, -0.2) is 57.3 Å². The molecule has 4 aliphatic carbocycles. The summed E-state index contributed by atoms with van der Waals surface area (Å²) in [6.07, 6.45) is 9.77. The summed E-state index contributed by atoms with van der Waals surface area (Å²) in [4.78, 5) is 26.5. The summed E-state index contributed by atoms with van der Waals surface area (Å²) in [6.45, 7) is 5.18. The number of hydrogen-bond donors (Lipinski definition) is 2. The van der Waals surface area contributed by atoms with Gasteiger partial charge in [-0.25, -0.2) is 0 Å². The first-order valence-electron chi connectivity index (χ1n) is 11.8. The Bertz CT molecular complexity index is 783. The normalized spacial score (nSPS) is 33.7. The molecule has 1 aromatic heterocycles. The molecule has 6 rings (SSSR count). The number of nitrogens with zero attached hydrogens (tertiary/aromatic N) is 3. The first-order chi connectivity index (χ1) is 14.5. The number of aromatic nitrogens is 2.